The molecule has 0 amide bonds. The molecule has 134 valence electrons. The van der Waals surface area contributed by atoms with Crippen LogP contribution >= 0.6 is 11.6 Å². The Morgan fingerprint density at radius 3 is 2.46 bits per heavy atom. The molecule has 0 atom stereocenters. The summed E-state index contributed by atoms with van der Waals surface area (Å²) < 4.78 is 18.9. The van der Waals surface area contributed by atoms with Crippen LogP contribution < -0.4 is 10.1 Å². The number of ether oxygens (including phenoxy) is 1. The second-order valence-corrected chi connectivity index (χ2v) is 6.67. The lowest BCUT2D eigenvalue weighted by Crippen LogP contribution is -2.12. The van der Waals surface area contributed by atoms with Gasteiger partial charge in [-0.25, -0.2) is 4.39 Å². The minimum atomic E-state index is -0.347. The van der Waals surface area contributed by atoms with Crippen molar-refractivity contribution in [3.05, 3.63) is 99.8 Å². The van der Waals surface area contributed by atoms with Crippen molar-refractivity contribution in [2.45, 2.75) is 26.6 Å². The zero-order chi connectivity index (χ0) is 18.4. The van der Waals surface area contributed by atoms with Crippen LogP contribution in [0.4, 0.5) is 4.39 Å². The standard InChI is InChI=1S/C22H21ClFNO/c1-16-5-7-17(8-6-16)13-25-14-18-3-2-4-21(11-18)26-15-19-9-10-20(24)12-22(19)23/h2-12,25H,13-15H2,1H3. The first kappa shape index (κ1) is 18.4. The van der Waals surface area contributed by atoms with E-state index in [1.54, 1.807) is 6.07 Å². The Balaban J connectivity index is 1.53. The molecular weight excluding hydrogens is 349 g/mol. The lowest BCUT2D eigenvalue weighted by molar-refractivity contribution is 0.306. The molecule has 0 spiro atoms. The molecule has 2 nitrogen and oxygen atoms in total. The van der Waals surface area contributed by atoms with Gasteiger partial charge in [0.2, 0.25) is 0 Å². The van der Waals surface area contributed by atoms with Crippen molar-refractivity contribution in [2.24, 2.45) is 0 Å². The van der Waals surface area contributed by atoms with Gasteiger partial charge in [0.1, 0.15) is 18.2 Å². The molecule has 0 unspecified atom stereocenters. The average molecular weight is 370 g/mol. The van der Waals surface area contributed by atoms with E-state index in [9.17, 15) is 4.39 Å². The summed E-state index contributed by atoms with van der Waals surface area (Å²) in [7, 11) is 0. The zero-order valence-electron chi connectivity index (χ0n) is 14.6. The largest absolute Gasteiger partial charge is 0.489 e. The molecule has 0 aliphatic carbocycles. The maximum atomic E-state index is 13.1. The predicted octanol–water partition coefficient (Wildman–Crippen LogP) is 5.66. The fraction of sp³-hybridized carbons (Fsp3) is 0.182. The van der Waals surface area contributed by atoms with Gasteiger partial charge in [0.05, 0.1) is 5.02 Å². The van der Waals surface area contributed by atoms with Gasteiger partial charge < -0.3 is 10.1 Å². The van der Waals surface area contributed by atoms with Crippen LogP contribution in [-0.4, -0.2) is 0 Å². The molecule has 0 aromatic heterocycles. The summed E-state index contributed by atoms with van der Waals surface area (Å²) in [6.07, 6.45) is 0. The van der Waals surface area contributed by atoms with E-state index in [1.165, 1.54) is 23.3 Å². The highest BCUT2D eigenvalue weighted by Gasteiger charge is 2.04. The molecule has 0 aliphatic heterocycles. The molecule has 0 heterocycles. The van der Waals surface area contributed by atoms with E-state index in [0.717, 1.165) is 30.0 Å². The van der Waals surface area contributed by atoms with Gasteiger partial charge in [-0.05, 0) is 42.3 Å². The smallest absolute Gasteiger partial charge is 0.124 e. The average Bonchev–Trinajstić information content (AvgIpc) is 2.63. The Bertz CT molecular complexity index is 864. The van der Waals surface area contributed by atoms with Gasteiger partial charge in [-0.1, -0.05) is 59.6 Å². The first-order valence-electron chi connectivity index (χ1n) is 8.52. The van der Waals surface area contributed by atoms with E-state index in [1.807, 2.05) is 18.2 Å². The summed E-state index contributed by atoms with van der Waals surface area (Å²) in [5, 5.41) is 3.81. The van der Waals surface area contributed by atoms with Crippen LogP contribution in [-0.2, 0) is 19.7 Å². The molecule has 3 rings (SSSR count). The number of benzene rings is 3. The summed E-state index contributed by atoms with van der Waals surface area (Å²) in [6, 6.07) is 20.7. The van der Waals surface area contributed by atoms with Gasteiger partial charge in [-0.15, -0.1) is 0 Å². The third-order valence-electron chi connectivity index (χ3n) is 4.09. The third kappa shape index (κ3) is 5.32. The monoisotopic (exact) mass is 369 g/mol. The molecule has 0 radical (unpaired) electrons. The molecular formula is C22H21ClFNO. The van der Waals surface area contributed by atoms with Crippen molar-refractivity contribution in [3.63, 3.8) is 0 Å². The maximum absolute atomic E-state index is 13.1. The topological polar surface area (TPSA) is 21.3 Å². The molecule has 0 bridgehead atoms. The molecule has 0 saturated heterocycles. The maximum Gasteiger partial charge on any atom is 0.124 e. The molecule has 0 aliphatic rings. The SMILES string of the molecule is Cc1ccc(CNCc2cccc(OCc3ccc(F)cc3Cl)c2)cc1. The molecule has 3 aromatic carbocycles. The third-order valence-corrected chi connectivity index (χ3v) is 4.44. The van der Waals surface area contributed by atoms with Crippen molar-refractivity contribution in [2.75, 3.05) is 0 Å². The van der Waals surface area contributed by atoms with Crippen molar-refractivity contribution in [1.82, 2.24) is 5.32 Å². The molecule has 4 heteroatoms. The van der Waals surface area contributed by atoms with E-state index in [2.05, 4.69) is 42.6 Å². The van der Waals surface area contributed by atoms with Crippen molar-refractivity contribution in [1.29, 1.82) is 0 Å². The Hall–Kier alpha value is -2.36. The lowest BCUT2D eigenvalue weighted by atomic mass is 10.1. The molecule has 1 N–H and O–H groups in total. The van der Waals surface area contributed by atoms with Crippen LogP contribution in [0, 0.1) is 12.7 Å². The Morgan fingerprint density at radius 1 is 0.923 bits per heavy atom. The summed E-state index contributed by atoms with van der Waals surface area (Å²) in [5.74, 6) is 0.417. The highest BCUT2D eigenvalue weighted by Crippen LogP contribution is 2.20. The predicted molar refractivity (Wildman–Crippen MR) is 104 cm³/mol. The number of hydrogen-bond donors (Lipinski definition) is 1. The van der Waals surface area contributed by atoms with Crippen LogP contribution in [0.2, 0.25) is 5.02 Å². The van der Waals surface area contributed by atoms with E-state index in [-0.39, 0.29) is 5.82 Å². The van der Waals surface area contributed by atoms with Crippen LogP contribution in [0.15, 0.2) is 66.7 Å². The van der Waals surface area contributed by atoms with Gasteiger partial charge in [0, 0.05) is 18.7 Å². The number of halogens is 2. The molecule has 0 fully saturated rings. The van der Waals surface area contributed by atoms with E-state index >= 15 is 0 Å². The number of hydrogen-bond acceptors (Lipinski definition) is 2. The van der Waals surface area contributed by atoms with Crippen LogP contribution in [0.1, 0.15) is 22.3 Å². The van der Waals surface area contributed by atoms with Crippen LogP contribution in [0.25, 0.3) is 0 Å². The minimum absolute atomic E-state index is 0.305. The first-order chi connectivity index (χ1) is 12.6. The second-order valence-electron chi connectivity index (χ2n) is 6.26. The summed E-state index contributed by atoms with van der Waals surface area (Å²) in [4.78, 5) is 0. The molecule has 3 aromatic rings. The number of aryl methyl sites for hydroxylation is 1. The summed E-state index contributed by atoms with van der Waals surface area (Å²) >= 11 is 6.03. The van der Waals surface area contributed by atoms with E-state index in [0.29, 0.717) is 11.6 Å². The Labute approximate surface area is 158 Å². The number of nitrogens with one attached hydrogen (secondary N) is 1. The molecule has 26 heavy (non-hydrogen) atoms. The van der Waals surface area contributed by atoms with Crippen molar-refractivity contribution in [3.8, 4) is 5.75 Å². The van der Waals surface area contributed by atoms with Crippen molar-refractivity contribution < 1.29 is 9.13 Å². The van der Waals surface area contributed by atoms with Crippen molar-refractivity contribution >= 4 is 11.6 Å². The zero-order valence-corrected chi connectivity index (χ0v) is 15.4. The minimum Gasteiger partial charge on any atom is -0.489 e. The Morgan fingerprint density at radius 2 is 1.69 bits per heavy atom. The van der Waals surface area contributed by atoms with Gasteiger partial charge in [0.25, 0.3) is 0 Å². The van der Waals surface area contributed by atoms with E-state index < -0.39 is 0 Å². The lowest BCUT2D eigenvalue weighted by Gasteiger charge is -2.10. The highest BCUT2D eigenvalue weighted by atomic mass is 35.5. The fourth-order valence-electron chi connectivity index (χ4n) is 2.60. The highest BCUT2D eigenvalue weighted by molar-refractivity contribution is 6.31. The normalized spacial score (nSPS) is 10.7. The fourth-order valence-corrected chi connectivity index (χ4v) is 2.82. The number of rotatable bonds is 7. The van der Waals surface area contributed by atoms with Gasteiger partial charge in [-0.2, -0.15) is 0 Å². The van der Waals surface area contributed by atoms with Gasteiger partial charge in [-0.3, -0.25) is 0 Å². The summed E-state index contributed by atoms with van der Waals surface area (Å²) in [5.41, 5.74) is 4.42. The Kier molecular flexibility index (Phi) is 6.26. The summed E-state index contributed by atoms with van der Waals surface area (Å²) in [6.45, 7) is 3.96. The molecule has 0 saturated carbocycles. The first-order valence-corrected chi connectivity index (χ1v) is 8.90. The van der Waals surface area contributed by atoms with E-state index in [4.69, 9.17) is 16.3 Å². The van der Waals surface area contributed by atoms with Crippen LogP contribution in [0.5, 0.6) is 5.75 Å². The quantitative estimate of drug-likeness (QED) is 0.580. The second kappa shape index (κ2) is 8.84. The van der Waals surface area contributed by atoms with Gasteiger partial charge in [0.15, 0.2) is 0 Å². The van der Waals surface area contributed by atoms with Crippen LogP contribution in [0.3, 0.4) is 0 Å². The van der Waals surface area contributed by atoms with Gasteiger partial charge >= 0.3 is 0 Å².